The average Bonchev–Trinajstić information content (AvgIpc) is 2.58. The molecular formula is C16H20BN. The first-order valence-corrected chi connectivity index (χ1v) is 6.29. The minimum absolute atomic E-state index is 0.128. The van der Waals surface area contributed by atoms with Gasteiger partial charge in [0.25, 0.3) is 6.85 Å². The van der Waals surface area contributed by atoms with Crippen LogP contribution in [0.15, 0.2) is 66.7 Å². The van der Waals surface area contributed by atoms with E-state index in [1.807, 2.05) is 44.2 Å². The monoisotopic (exact) mass is 237 g/mol. The maximum absolute atomic E-state index is 6.25. The zero-order valence-corrected chi connectivity index (χ0v) is 11.2. The Bertz CT molecular complexity index is 498. The molecule has 1 aromatic rings. The Balaban J connectivity index is 0.000000771. The summed E-state index contributed by atoms with van der Waals surface area (Å²) >= 11 is 0. The Kier molecular flexibility index (Phi) is 5.41. The number of benzene rings is 1. The first kappa shape index (κ1) is 14.3. The summed E-state index contributed by atoms with van der Waals surface area (Å²) in [5.74, 6) is 0. The Labute approximate surface area is 111 Å². The van der Waals surface area contributed by atoms with E-state index in [-0.39, 0.29) is 6.85 Å². The summed E-state index contributed by atoms with van der Waals surface area (Å²) in [6.45, 7) is 11.5. The molecule has 0 saturated heterocycles. The Morgan fingerprint density at radius 1 is 1.06 bits per heavy atom. The molecule has 0 amide bonds. The van der Waals surface area contributed by atoms with Crippen molar-refractivity contribution in [2.45, 2.75) is 13.8 Å². The third-order valence-corrected chi connectivity index (χ3v) is 2.88. The molecule has 1 aliphatic rings. The van der Waals surface area contributed by atoms with Crippen molar-refractivity contribution in [2.24, 2.45) is 5.64 Å². The second-order valence-electron chi connectivity index (χ2n) is 3.76. The van der Waals surface area contributed by atoms with Crippen LogP contribution in [0.4, 0.5) is 0 Å². The fraction of sp³-hybridized carbons (Fsp3) is 0.125. The van der Waals surface area contributed by atoms with Crippen molar-refractivity contribution in [3.8, 4) is 0 Å². The molecule has 0 aromatic heterocycles. The van der Waals surface area contributed by atoms with E-state index in [9.17, 15) is 0 Å². The Morgan fingerprint density at radius 2 is 1.72 bits per heavy atom. The second-order valence-corrected chi connectivity index (χ2v) is 3.76. The third-order valence-electron chi connectivity index (χ3n) is 2.88. The molecule has 1 heterocycles. The van der Waals surface area contributed by atoms with Crippen molar-refractivity contribution < 1.29 is 0 Å². The fourth-order valence-electron chi connectivity index (χ4n) is 2.00. The first-order chi connectivity index (χ1) is 8.77. The highest BCUT2D eigenvalue weighted by atomic mass is 14.4. The molecule has 0 radical (unpaired) electrons. The molecule has 2 heteroatoms. The van der Waals surface area contributed by atoms with E-state index >= 15 is 0 Å². The van der Waals surface area contributed by atoms with Crippen LogP contribution in [0.2, 0.25) is 0 Å². The van der Waals surface area contributed by atoms with E-state index in [1.165, 1.54) is 0 Å². The van der Waals surface area contributed by atoms with Gasteiger partial charge >= 0.3 is 0 Å². The highest BCUT2D eigenvalue weighted by molar-refractivity contribution is 6.78. The van der Waals surface area contributed by atoms with Gasteiger partial charge in [0.15, 0.2) is 0 Å². The van der Waals surface area contributed by atoms with Crippen LogP contribution in [0, 0.1) is 0 Å². The standard InChI is InChI=1S/C14H14BN.C2H6/c1-3-11-9-10-12-7-5-6-8-14(12)15(16)13(11)4-2;1-2/h3-10H,1-2,16H2;1-2H3. The van der Waals surface area contributed by atoms with Gasteiger partial charge in [0, 0.05) is 0 Å². The molecule has 0 aliphatic carbocycles. The maximum atomic E-state index is 6.25. The van der Waals surface area contributed by atoms with E-state index in [1.54, 1.807) is 0 Å². The van der Waals surface area contributed by atoms with Crippen LogP contribution in [0.3, 0.4) is 0 Å². The molecule has 2 N–H and O–H groups in total. The summed E-state index contributed by atoms with van der Waals surface area (Å²) < 4.78 is 0. The van der Waals surface area contributed by atoms with Gasteiger partial charge in [0.2, 0.25) is 0 Å². The molecule has 0 spiro atoms. The zero-order chi connectivity index (χ0) is 13.5. The van der Waals surface area contributed by atoms with Crippen LogP contribution < -0.4 is 11.1 Å². The molecule has 0 unspecified atom stereocenters. The van der Waals surface area contributed by atoms with Crippen molar-refractivity contribution in [3.63, 3.8) is 0 Å². The molecule has 0 bridgehead atoms. The van der Waals surface area contributed by atoms with Gasteiger partial charge in [-0.25, -0.2) is 0 Å². The van der Waals surface area contributed by atoms with Crippen molar-refractivity contribution >= 4 is 18.4 Å². The third kappa shape index (κ3) is 2.71. The van der Waals surface area contributed by atoms with Crippen LogP contribution in [-0.4, -0.2) is 6.85 Å². The Hall–Kier alpha value is -1.80. The predicted octanol–water partition coefficient (Wildman–Crippen LogP) is 3.10. The van der Waals surface area contributed by atoms with Crippen LogP contribution in [0.25, 0.3) is 6.08 Å². The van der Waals surface area contributed by atoms with E-state index < -0.39 is 0 Å². The van der Waals surface area contributed by atoms with E-state index in [4.69, 9.17) is 5.64 Å². The number of allylic oxidation sites excluding steroid dienone is 5. The van der Waals surface area contributed by atoms with Crippen molar-refractivity contribution in [2.75, 3.05) is 0 Å². The van der Waals surface area contributed by atoms with Crippen molar-refractivity contribution in [1.29, 1.82) is 0 Å². The molecule has 92 valence electrons. The molecule has 2 rings (SSSR count). The summed E-state index contributed by atoms with van der Waals surface area (Å²) in [6.07, 6.45) is 7.74. The van der Waals surface area contributed by atoms with Crippen molar-refractivity contribution in [3.05, 3.63) is 72.3 Å². The topological polar surface area (TPSA) is 26.0 Å². The van der Waals surface area contributed by atoms with Gasteiger partial charge in [-0.15, -0.1) is 0 Å². The SMILES string of the molecule is C=CC1=C(C=C)B(N)c2ccccc2C=C1.CC. The zero-order valence-electron chi connectivity index (χ0n) is 11.2. The summed E-state index contributed by atoms with van der Waals surface area (Å²) in [4.78, 5) is 0. The molecule has 0 saturated carbocycles. The molecule has 1 aliphatic heterocycles. The summed E-state index contributed by atoms with van der Waals surface area (Å²) in [5, 5.41) is 0. The number of hydrogen-bond donors (Lipinski definition) is 1. The molecule has 1 nitrogen and oxygen atoms in total. The largest absolute Gasteiger partial charge is 0.362 e. The van der Waals surface area contributed by atoms with E-state index in [0.717, 1.165) is 22.1 Å². The minimum atomic E-state index is -0.128. The normalized spacial score (nSPS) is 13.2. The summed E-state index contributed by atoms with van der Waals surface area (Å²) in [7, 11) is 0. The van der Waals surface area contributed by atoms with E-state index in [0.29, 0.717) is 0 Å². The number of fused-ring (bicyclic) bond motifs is 1. The van der Waals surface area contributed by atoms with Crippen LogP contribution in [0.5, 0.6) is 0 Å². The fourth-order valence-corrected chi connectivity index (χ4v) is 2.00. The lowest BCUT2D eigenvalue weighted by atomic mass is 9.50. The van der Waals surface area contributed by atoms with Gasteiger partial charge in [-0.3, -0.25) is 0 Å². The van der Waals surface area contributed by atoms with Crippen LogP contribution in [-0.2, 0) is 0 Å². The lowest BCUT2D eigenvalue weighted by Gasteiger charge is -2.11. The smallest absolute Gasteiger partial charge is 0.287 e. The molecule has 0 atom stereocenters. The number of rotatable bonds is 2. The molecule has 18 heavy (non-hydrogen) atoms. The summed E-state index contributed by atoms with van der Waals surface area (Å²) in [5.41, 5.74) is 10.6. The minimum Gasteiger partial charge on any atom is -0.362 e. The van der Waals surface area contributed by atoms with Crippen molar-refractivity contribution in [1.82, 2.24) is 0 Å². The second kappa shape index (κ2) is 6.82. The highest BCUT2D eigenvalue weighted by Gasteiger charge is 2.21. The highest BCUT2D eigenvalue weighted by Crippen LogP contribution is 2.17. The van der Waals surface area contributed by atoms with Gasteiger partial charge in [-0.05, 0) is 11.1 Å². The van der Waals surface area contributed by atoms with Gasteiger partial charge in [-0.2, -0.15) is 0 Å². The Morgan fingerprint density at radius 3 is 2.33 bits per heavy atom. The van der Waals surface area contributed by atoms with Gasteiger partial charge < -0.3 is 5.64 Å². The quantitative estimate of drug-likeness (QED) is 0.786. The predicted molar refractivity (Wildman–Crippen MR) is 83.8 cm³/mol. The van der Waals surface area contributed by atoms with Gasteiger partial charge in [0.1, 0.15) is 0 Å². The lowest BCUT2D eigenvalue weighted by molar-refractivity contribution is 1.50. The van der Waals surface area contributed by atoms with Crippen LogP contribution in [0.1, 0.15) is 19.4 Å². The van der Waals surface area contributed by atoms with Crippen LogP contribution >= 0.6 is 0 Å². The average molecular weight is 237 g/mol. The number of nitrogens with two attached hydrogens (primary N) is 1. The lowest BCUT2D eigenvalue weighted by Crippen LogP contribution is -2.42. The summed E-state index contributed by atoms with van der Waals surface area (Å²) in [6, 6.07) is 8.15. The molecule has 0 fully saturated rings. The molecular weight excluding hydrogens is 217 g/mol. The van der Waals surface area contributed by atoms with E-state index in [2.05, 4.69) is 31.4 Å². The van der Waals surface area contributed by atoms with Gasteiger partial charge in [-0.1, -0.05) is 86.5 Å². The maximum Gasteiger partial charge on any atom is 0.287 e. The first-order valence-electron chi connectivity index (χ1n) is 6.29. The van der Waals surface area contributed by atoms with Gasteiger partial charge in [0.05, 0.1) is 0 Å². The molecule has 1 aromatic carbocycles. The number of hydrogen-bond acceptors (Lipinski definition) is 1.